The molecule has 0 unspecified atom stereocenters. The van der Waals surface area contributed by atoms with Gasteiger partial charge in [-0.3, -0.25) is 14.4 Å². The number of ether oxygens (including phenoxy) is 3. The van der Waals surface area contributed by atoms with Gasteiger partial charge in [-0.2, -0.15) is 0 Å². The van der Waals surface area contributed by atoms with Gasteiger partial charge >= 0.3 is 17.9 Å². The molecule has 0 aliphatic rings. The van der Waals surface area contributed by atoms with Crippen molar-refractivity contribution >= 4 is 17.9 Å². The highest BCUT2D eigenvalue weighted by Crippen LogP contribution is 2.16. The average Bonchev–Trinajstić information content (AvgIpc) is 3.08. The summed E-state index contributed by atoms with van der Waals surface area (Å²) >= 11 is 0. The molecular formula is C44H84O6. The van der Waals surface area contributed by atoms with E-state index in [0.29, 0.717) is 19.3 Å². The molecule has 0 N–H and O–H groups in total. The molecule has 0 rings (SSSR count). The molecule has 0 aliphatic heterocycles. The van der Waals surface area contributed by atoms with Crippen LogP contribution in [0, 0.1) is 11.8 Å². The Bertz CT molecular complexity index is 764. The summed E-state index contributed by atoms with van der Waals surface area (Å²) in [5.41, 5.74) is 0. The lowest BCUT2D eigenvalue weighted by Crippen LogP contribution is -2.30. The number of hydrogen-bond donors (Lipinski definition) is 0. The van der Waals surface area contributed by atoms with Gasteiger partial charge in [0, 0.05) is 19.3 Å². The molecule has 0 heterocycles. The first-order valence-electron chi connectivity index (χ1n) is 21.7. The molecule has 1 atom stereocenters. The molecular weight excluding hydrogens is 624 g/mol. The molecule has 296 valence electrons. The van der Waals surface area contributed by atoms with Crippen LogP contribution in [0.25, 0.3) is 0 Å². The number of esters is 3. The molecule has 0 bridgehead atoms. The van der Waals surface area contributed by atoms with Crippen molar-refractivity contribution in [2.24, 2.45) is 11.8 Å². The summed E-state index contributed by atoms with van der Waals surface area (Å²) in [5.74, 6) is 0.689. The van der Waals surface area contributed by atoms with Gasteiger partial charge in [0.25, 0.3) is 0 Å². The highest BCUT2D eigenvalue weighted by atomic mass is 16.6. The van der Waals surface area contributed by atoms with E-state index in [9.17, 15) is 14.4 Å². The number of carbonyl (C=O) groups is 3. The van der Waals surface area contributed by atoms with Gasteiger partial charge in [0.05, 0.1) is 0 Å². The summed E-state index contributed by atoms with van der Waals surface area (Å²) in [6.07, 6.45) is 33.9. The molecule has 0 spiro atoms. The first-order chi connectivity index (χ1) is 24.2. The molecule has 50 heavy (non-hydrogen) atoms. The summed E-state index contributed by atoms with van der Waals surface area (Å²) in [6, 6.07) is 0. The van der Waals surface area contributed by atoms with Gasteiger partial charge < -0.3 is 14.2 Å². The molecule has 0 radical (unpaired) electrons. The zero-order valence-electron chi connectivity index (χ0n) is 34.0. The summed E-state index contributed by atoms with van der Waals surface area (Å²) in [7, 11) is 0. The molecule has 6 heteroatoms. The Morgan fingerprint density at radius 3 is 0.980 bits per heavy atom. The van der Waals surface area contributed by atoms with Crippen LogP contribution in [0.15, 0.2) is 0 Å². The van der Waals surface area contributed by atoms with Gasteiger partial charge in [0.2, 0.25) is 0 Å². The maximum absolute atomic E-state index is 12.6. The minimum atomic E-state index is -0.760. The minimum absolute atomic E-state index is 0.0663. The summed E-state index contributed by atoms with van der Waals surface area (Å²) in [6.45, 7) is 11.2. The van der Waals surface area contributed by atoms with Gasteiger partial charge in [-0.25, -0.2) is 0 Å². The van der Waals surface area contributed by atoms with E-state index >= 15 is 0 Å². The maximum atomic E-state index is 12.6. The Morgan fingerprint density at radius 1 is 0.380 bits per heavy atom. The van der Waals surface area contributed by atoms with Crippen LogP contribution in [0.5, 0.6) is 0 Å². The first-order valence-corrected chi connectivity index (χ1v) is 21.7. The van der Waals surface area contributed by atoms with Crippen molar-refractivity contribution < 1.29 is 28.6 Å². The second-order valence-corrected chi connectivity index (χ2v) is 15.9. The van der Waals surface area contributed by atoms with Gasteiger partial charge in [-0.05, 0) is 31.1 Å². The molecule has 0 fully saturated rings. The number of hydrogen-bond acceptors (Lipinski definition) is 6. The minimum Gasteiger partial charge on any atom is -0.462 e. The predicted octanol–water partition coefficient (Wildman–Crippen LogP) is 13.4. The van der Waals surface area contributed by atoms with E-state index in [0.717, 1.165) is 69.6 Å². The molecule has 0 aromatic carbocycles. The van der Waals surface area contributed by atoms with Crippen LogP contribution < -0.4 is 0 Å². The lowest BCUT2D eigenvalue weighted by molar-refractivity contribution is -0.167. The van der Waals surface area contributed by atoms with Gasteiger partial charge in [0.1, 0.15) is 13.2 Å². The second kappa shape index (κ2) is 37.2. The summed E-state index contributed by atoms with van der Waals surface area (Å²) in [5, 5.41) is 0. The van der Waals surface area contributed by atoms with E-state index in [1.165, 1.54) is 122 Å². The Balaban J connectivity index is 4.33. The van der Waals surface area contributed by atoms with E-state index in [4.69, 9.17) is 14.2 Å². The standard InChI is InChI=1S/C44H84O6/c1-6-7-8-9-10-11-12-13-14-18-24-29-34-42(45)48-37-41(50-44(47)36-31-26-21-20-23-28-33-40(4)5)38-49-43(46)35-30-25-19-16-15-17-22-27-32-39(2)3/h39-41H,6-38H2,1-5H3/t41-/m1/s1. The molecule has 0 saturated heterocycles. The van der Waals surface area contributed by atoms with Gasteiger partial charge in [-0.1, -0.05) is 195 Å². The van der Waals surface area contributed by atoms with Gasteiger partial charge in [-0.15, -0.1) is 0 Å². The lowest BCUT2D eigenvalue weighted by atomic mass is 10.0. The fourth-order valence-electron chi connectivity index (χ4n) is 6.40. The van der Waals surface area contributed by atoms with Crippen LogP contribution in [-0.2, 0) is 28.6 Å². The van der Waals surface area contributed by atoms with Crippen molar-refractivity contribution in [1.82, 2.24) is 0 Å². The molecule has 0 saturated carbocycles. The Hall–Kier alpha value is -1.59. The smallest absolute Gasteiger partial charge is 0.306 e. The zero-order chi connectivity index (χ0) is 36.9. The van der Waals surface area contributed by atoms with Crippen molar-refractivity contribution in [1.29, 1.82) is 0 Å². The molecule has 0 amide bonds. The van der Waals surface area contributed by atoms with Crippen molar-refractivity contribution in [3.8, 4) is 0 Å². The quantitative estimate of drug-likeness (QED) is 0.0361. The van der Waals surface area contributed by atoms with Gasteiger partial charge in [0.15, 0.2) is 6.10 Å². The average molecular weight is 709 g/mol. The first kappa shape index (κ1) is 48.4. The zero-order valence-corrected chi connectivity index (χ0v) is 34.0. The maximum Gasteiger partial charge on any atom is 0.306 e. The van der Waals surface area contributed by atoms with Crippen molar-refractivity contribution in [3.05, 3.63) is 0 Å². The molecule has 6 nitrogen and oxygen atoms in total. The number of carbonyl (C=O) groups excluding carboxylic acids is 3. The third-order valence-electron chi connectivity index (χ3n) is 9.72. The Labute approximate surface area is 310 Å². The van der Waals surface area contributed by atoms with E-state index in [1.807, 2.05) is 0 Å². The molecule has 0 aromatic rings. The second-order valence-electron chi connectivity index (χ2n) is 15.9. The van der Waals surface area contributed by atoms with E-state index < -0.39 is 6.10 Å². The molecule has 0 aromatic heterocycles. The third-order valence-corrected chi connectivity index (χ3v) is 9.72. The number of unbranched alkanes of at least 4 members (excludes halogenated alkanes) is 23. The van der Waals surface area contributed by atoms with Crippen LogP contribution in [0.4, 0.5) is 0 Å². The van der Waals surface area contributed by atoms with Crippen LogP contribution >= 0.6 is 0 Å². The largest absolute Gasteiger partial charge is 0.462 e. The van der Waals surface area contributed by atoms with Crippen molar-refractivity contribution in [3.63, 3.8) is 0 Å². The highest BCUT2D eigenvalue weighted by molar-refractivity contribution is 5.71. The number of rotatable bonds is 38. The van der Waals surface area contributed by atoms with Crippen molar-refractivity contribution in [2.45, 2.75) is 240 Å². The third kappa shape index (κ3) is 37.7. The Morgan fingerprint density at radius 2 is 0.660 bits per heavy atom. The summed E-state index contributed by atoms with van der Waals surface area (Å²) < 4.78 is 16.7. The van der Waals surface area contributed by atoms with Crippen LogP contribution in [0.2, 0.25) is 0 Å². The predicted molar refractivity (Wildman–Crippen MR) is 210 cm³/mol. The van der Waals surface area contributed by atoms with E-state index in [-0.39, 0.29) is 31.1 Å². The highest BCUT2D eigenvalue weighted by Gasteiger charge is 2.19. The van der Waals surface area contributed by atoms with E-state index in [2.05, 4.69) is 34.6 Å². The SMILES string of the molecule is CCCCCCCCCCCCCCC(=O)OC[C@H](COC(=O)CCCCCCCCCCC(C)C)OC(=O)CCCCCCCCC(C)C. The molecule has 0 aliphatic carbocycles. The van der Waals surface area contributed by atoms with E-state index in [1.54, 1.807) is 0 Å². The fraction of sp³-hybridized carbons (Fsp3) is 0.932. The fourth-order valence-corrected chi connectivity index (χ4v) is 6.40. The lowest BCUT2D eigenvalue weighted by Gasteiger charge is -2.18. The summed E-state index contributed by atoms with van der Waals surface area (Å²) in [4.78, 5) is 37.6. The van der Waals surface area contributed by atoms with Crippen LogP contribution in [-0.4, -0.2) is 37.2 Å². The topological polar surface area (TPSA) is 78.9 Å². The van der Waals surface area contributed by atoms with Crippen molar-refractivity contribution in [2.75, 3.05) is 13.2 Å². The van der Waals surface area contributed by atoms with Crippen LogP contribution in [0.1, 0.15) is 234 Å². The Kier molecular flexibility index (Phi) is 36.0. The van der Waals surface area contributed by atoms with Crippen LogP contribution in [0.3, 0.4) is 0 Å². The normalized spacial score (nSPS) is 12.1. The monoisotopic (exact) mass is 709 g/mol.